The number of likely N-dealkylation sites (tertiary alicyclic amines) is 1. The van der Waals surface area contributed by atoms with Gasteiger partial charge in [-0.25, -0.2) is 0 Å². The molecule has 0 amide bonds. The molecule has 3 atom stereocenters. The Morgan fingerprint density at radius 3 is 2.40 bits per heavy atom. The van der Waals surface area contributed by atoms with E-state index in [0.29, 0.717) is 25.7 Å². The quantitative estimate of drug-likeness (QED) is 0.296. The summed E-state index contributed by atoms with van der Waals surface area (Å²) in [5.74, 6) is -0.736. The molecule has 2 aromatic carbocycles. The van der Waals surface area contributed by atoms with Gasteiger partial charge in [-0.15, -0.1) is 0 Å². The molecular formula is C30H39NO4. The fourth-order valence-electron chi connectivity index (χ4n) is 5.30. The summed E-state index contributed by atoms with van der Waals surface area (Å²) in [6.07, 6.45) is 11.9. The number of piperidine rings is 1. The van der Waals surface area contributed by atoms with Crippen molar-refractivity contribution in [3.05, 3.63) is 72.3 Å². The van der Waals surface area contributed by atoms with Crippen molar-refractivity contribution in [1.82, 2.24) is 4.90 Å². The van der Waals surface area contributed by atoms with Crippen molar-refractivity contribution < 1.29 is 19.4 Å². The number of aliphatic carboxylic acids is 1. The summed E-state index contributed by atoms with van der Waals surface area (Å²) in [7, 11) is 0. The Hall–Kier alpha value is -2.47. The van der Waals surface area contributed by atoms with Gasteiger partial charge in [0.05, 0.1) is 25.4 Å². The summed E-state index contributed by atoms with van der Waals surface area (Å²) in [6, 6.07) is 19.5. The maximum Gasteiger partial charge on any atom is 0.303 e. The van der Waals surface area contributed by atoms with E-state index in [9.17, 15) is 4.79 Å². The van der Waals surface area contributed by atoms with Gasteiger partial charge in [-0.1, -0.05) is 73.2 Å². The summed E-state index contributed by atoms with van der Waals surface area (Å²) in [5.41, 5.74) is 3.63. The number of hydrogen-bond acceptors (Lipinski definition) is 4. The third-order valence-electron chi connectivity index (χ3n) is 7.19. The first kappa shape index (κ1) is 25.6. The van der Waals surface area contributed by atoms with E-state index in [4.69, 9.17) is 14.6 Å². The predicted molar refractivity (Wildman–Crippen MR) is 139 cm³/mol. The molecule has 2 aliphatic rings. The molecule has 0 aromatic heterocycles. The Balaban J connectivity index is 1.32. The largest absolute Gasteiger partial charge is 0.481 e. The molecule has 1 saturated carbocycles. The molecule has 1 heterocycles. The molecule has 1 aliphatic carbocycles. The van der Waals surface area contributed by atoms with Gasteiger partial charge in [0.15, 0.2) is 0 Å². The Kier molecular flexibility index (Phi) is 9.94. The third kappa shape index (κ3) is 7.76. The summed E-state index contributed by atoms with van der Waals surface area (Å²) in [6.45, 7) is 3.46. The molecule has 1 saturated heterocycles. The molecule has 188 valence electrons. The van der Waals surface area contributed by atoms with Crippen molar-refractivity contribution in [2.75, 3.05) is 19.7 Å². The average Bonchev–Trinajstić information content (AvgIpc) is 3.30. The number of rotatable bonds is 12. The lowest BCUT2D eigenvalue weighted by molar-refractivity contribution is -0.137. The number of carboxylic acids is 1. The maximum absolute atomic E-state index is 10.7. The van der Waals surface area contributed by atoms with Crippen LogP contribution >= 0.6 is 0 Å². The van der Waals surface area contributed by atoms with Crippen LogP contribution in [0.25, 0.3) is 11.1 Å². The first-order chi connectivity index (χ1) is 17.2. The normalized spacial score (nSPS) is 23.1. The number of nitrogens with zero attached hydrogens (tertiary/aromatic N) is 1. The Morgan fingerprint density at radius 1 is 0.914 bits per heavy atom. The molecule has 2 fully saturated rings. The van der Waals surface area contributed by atoms with E-state index < -0.39 is 5.97 Å². The first-order valence-corrected chi connectivity index (χ1v) is 13.2. The minimum atomic E-state index is -0.736. The topological polar surface area (TPSA) is 59.0 Å². The van der Waals surface area contributed by atoms with Gasteiger partial charge in [0.1, 0.15) is 0 Å². The highest BCUT2D eigenvalue weighted by molar-refractivity contribution is 5.66. The van der Waals surface area contributed by atoms with Crippen molar-refractivity contribution in [2.45, 2.75) is 76.2 Å². The fraction of sp³-hybridized carbons (Fsp3) is 0.500. The van der Waals surface area contributed by atoms with Crippen molar-refractivity contribution in [3.8, 4) is 11.1 Å². The number of allylic oxidation sites excluding steroid dienone is 1. The summed E-state index contributed by atoms with van der Waals surface area (Å²) >= 11 is 0. The molecule has 35 heavy (non-hydrogen) atoms. The van der Waals surface area contributed by atoms with Crippen LogP contribution in [0.15, 0.2) is 66.7 Å². The average molecular weight is 478 g/mol. The smallest absolute Gasteiger partial charge is 0.303 e. The summed E-state index contributed by atoms with van der Waals surface area (Å²) in [4.78, 5) is 13.3. The molecule has 4 rings (SSSR count). The van der Waals surface area contributed by atoms with Gasteiger partial charge in [0.25, 0.3) is 0 Å². The predicted octanol–water partition coefficient (Wildman–Crippen LogP) is 6.08. The highest BCUT2D eigenvalue weighted by atomic mass is 16.5. The molecule has 5 heteroatoms. The Bertz CT molecular complexity index is 921. The van der Waals surface area contributed by atoms with E-state index in [2.05, 4.69) is 53.4 Å². The van der Waals surface area contributed by atoms with E-state index >= 15 is 0 Å². The Morgan fingerprint density at radius 2 is 1.66 bits per heavy atom. The monoisotopic (exact) mass is 477 g/mol. The second-order valence-electron chi connectivity index (χ2n) is 9.71. The molecule has 1 aliphatic heterocycles. The first-order valence-electron chi connectivity index (χ1n) is 13.2. The number of unbranched alkanes of at least 4 members (excludes halogenated alkanes) is 1. The molecule has 2 aromatic rings. The van der Waals surface area contributed by atoms with Crippen LogP contribution < -0.4 is 0 Å². The van der Waals surface area contributed by atoms with Crippen LogP contribution in [0.5, 0.6) is 0 Å². The van der Waals surface area contributed by atoms with Gasteiger partial charge in [-0.05, 0) is 68.3 Å². The Labute approximate surface area is 209 Å². The lowest BCUT2D eigenvalue weighted by atomic mass is 10.0. The number of carbonyl (C=O) groups is 1. The van der Waals surface area contributed by atoms with Crippen molar-refractivity contribution in [2.24, 2.45) is 0 Å². The minimum Gasteiger partial charge on any atom is -0.481 e. The zero-order valence-corrected chi connectivity index (χ0v) is 20.7. The van der Waals surface area contributed by atoms with E-state index in [1.54, 1.807) is 0 Å². The van der Waals surface area contributed by atoms with Crippen LogP contribution in [0.4, 0.5) is 0 Å². The maximum atomic E-state index is 10.7. The van der Waals surface area contributed by atoms with Crippen molar-refractivity contribution >= 4 is 5.97 Å². The number of carboxylic acid groups (broad SMARTS) is 1. The molecule has 1 N–H and O–H groups in total. The van der Waals surface area contributed by atoms with Crippen LogP contribution in [0.2, 0.25) is 0 Å². The molecule has 3 unspecified atom stereocenters. The molecule has 5 nitrogen and oxygen atoms in total. The SMILES string of the molecule is O=C(O)CCCC=CCOC1C(OCc2ccc(-c3ccccc3)cc2)CCC1N1CCCCC1. The van der Waals surface area contributed by atoms with Crippen LogP contribution in [0.1, 0.15) is 56.9 Å². The van der Waals surface area contributed by atoms with Gasteiger partial charge in [0.2, 0.25) is 0 Å². The summed E-state index contributed by atoms with van der Waals surface area (Å²) in [5, 5.41) is 8.77. The number of hydrogen-bond donors (Lipinski definition) is 1. The van der Waals surface area contributed by atoms with Crippen LogP contribution in [-0.2, 0) is 20.9 Å². The molecule has 0 spiro atoms. The highest BCUT2D eigenvalue weighted by Gasteiger charge is 2.41. The zero-order valence-electron chi connectivity index (χ0n) is 20.7. The zero-order chi connectivity index (χ0) is 24.3. The number of ether oxygens (including phenoxy) is 2. The van der Waals surface area contributed by atoms with E-state index in [0.717, 1.165) is 32.4 Å². The van der Waals surface area contributed by atoms with Gasteiger partial charge in [-0.3, -0.25) is 9.69 Å². The lowest BCUT2D eigenvalue weighted by Gasteiger charge is -2.36. The van der Waals surface area contributed by atoms with Crippen LogP contribution in [-0.4, -0.2) is 53.9 Å². The second-order valence-corrected chi connectivity index (χ2v) is 9.71. The van der Waals surface area contributed by atoms with Crippen LogP contribution in [0.3, 0.4) is 0 Å². The van der Waals surface area contributed by atoms with E-state index in [-0.39, 0.29) is 18.6 Å². The molecular weight excluding hydrogens is 438 g/mol. The summed E-state index contributed by atoms with van der Waals surface area (Å²) < 4.78 is 12.9. The number of benzene rings is 2. The highest BCUT2D eigenvalue weighted by Crippen LogP contribution is 2.32. The fourth-order valence-corrected chi connectivity index (χ4v) is 5.30. The van der Waals surface area contributed by atoms with Gasteiger partial charge in [-0.2, -0.15) is 0 Å². The van der Waals surface area contributed by atoms with Crippen LogP contribution in [0, 0.1) is 0 Å². The van der Waals surface area contributed by atoms with E-state index in [1.165, 1.54) is 36.0 Å². The van der Waals surface area contributed by atoms with Gasteiger partial charge in [0, 0.05) is 12.5 Å². The second kappa shape index (κ2) is 13.6. The van der Waals surface area contributed by atoms with Crippen molar-refractivity contribution in [1.29, 1.82) is 0 Å². The molecule has 0 radical (unpaired) electrons. The van der Waals surface area contributed by atoms with Crippen molar-refractivity contribution in [3.63, 3.8) is 0 Å². The minimum absolute atomic E-state index is 0.0698. The third-order valence-corrected chi connectivity index (χ3v) is 7.19. The van der Waals surface area contributed by atoms with Gasteiger partial charge < -0.3 is 14.6 Å². The molecule has 0 bridgehead atoms. The van der Waals surface area contributed by atoms with Gasteiger partial charge >= 0.3 is 5.97 Å². The van der Waals surface area contributed by atoms with E-state index in [1.807, 2.05) is 18.2 Å². The standard InChI is InChI=1S/C30H39NO4/c32-29(33)13-7-1-2-10-22-34-30-27(31-20-8-4-9-21-31)18-19-28(30)35-23-24-14-16-26(17-15-24)25-11-5-3-6-12-25/h2-3,5-6,10-12,14-17,27-28,30H,1,4,7-9,13,18-23H2,(H,32,33). The lowest BCUT2D eigenvalue weighted by Crippen LogP contribution is -2.47.